The van der Waals surface area contributed by atoms with Crippen molar-refractivity contribution < 1.29 is 13.5 Å². The summed E-state index contributed by atoms with van der Waals surface area (Å²) >= 11 is 0. The lowest BCUT2D eigenvalue weighted by Crippen LogP contribution is -2.16. The average molecular weight is 285 g/mol. The summed E-state index contributed by atoms with van der Waals surface area (Å²) in [5.41, 5.74) is 2.08. The fraction of sp³-hybridized carbons (Fsp3) is 0.235. The Morgan fingerprint density at radius 1 is 1.14 bits per heavy atom. The molecule has 0 N–H and O–H groups in total. The van der Waals surface area contributed by atoms with Gasteiger partial charge in [0.15, 0.2) is 17.4 Å². The Morgan fingerprint density at radius 3 is 2.57 bits per heavy atom. The van der Waals surface area contributed by atoms with Gasteiger partial charge in [-0.25, -0.2) is 8.78 Å². The largest absolute Gasteiger partial charge is 0.480 e. The monoisotopic (exact) mass is 285 g/mol. The van der Waals surface area contributed by atoms with E-state index in [0.29, 0.717) is 0 Å². The standard InChI is InChI=1S/C17H13F2NO/c18-14-8-11(10-20)9-15(19)17(14)21-16-7-3-5-12-4-1-2-6-13(12)16/h1-2,4,6,8-9,16H,3,5,7H2. The molecule has 3 rings (SSSR count). The lowest BCUT2D eigenvalue weighted by Gasteiger charge is -2.26. The zero-order valence-electron chi connectivity index (χ0n) is 11.3. The maximum absolute atomic E-state index is 13.9. The molecule has 2 aromatic rings. The minimum atomic E-state index is -0.838. The summed E-state index contributed by atoms with van der Waals surface area (Å²) in [6.07, 6.45) is 2.23. The Bertz CT molecular complexity index is 698. The smallest absolute Gasteiger partial charge is 0.191 e. The molecule has 0 saturated carbocycles. The molecule has 1 unspecified atom stereocenters. The van der Waals surface area contributed by atoms with Crippen LogP contribution in [0.5, 0.6) is 5.75 Å². The van der Waals surface area contributed by atoms with Gasteiger partial charge in [0, 0.05) is 0 Å². The van der Waals surface area contributed by atoms with Crippen LogP contribution in [-0.4, -0.2) is 0 Å². The predicted octanol–water partition coefficient (Wildman–Crippen LogP) is 4.29. The summed E-state index contributed by atoms with van der Waals surface area (Å²) in [4.78, 5) is 0. The van der Waals surface area contributed by atoms with E-state index in [1.807, 2.05) is 24.3 Å². The van der Waals surface area contributed by atoms with Gasteiger partial charge in [-0.1, -0.05) is 24.3 Å². The molecule has 0 radical (unpaired) electrons. The van der Waals surface area contributed by atoms with Gasteiger partial charge in [0.25, 0.3) is 0 Å². The molecular formula is C17H13F2NO. The Labute approximate surface area is 121 Å². The lowest BCUT2D eigenvalue weighted by molar-refractivity contribution is 0.167. The van der Waals surface area contributed by atoms with Crippen LogP contribution < -0.4 is 4.74 Å². The van der Waals surface area contributed by atoms with E-state index in [-0.39, 0.29) is 11.7 Å². The maximum Gasteiger partial charge on any atom is 0.191 e. The molecule has 0 spiro atoms. The molecule has 1 aliphatic rings. The number of hydrogen-bond acceptors (Lipinski definition) is 2. The van der Waals surface area contributed by atoms with E-state index in [0.717, 1.165) is 42.5 Å². The fourth-order valence-corrected chi connectivity index (χ4v) is 2.71. The first-order valence-electron chi connectivity index (χ1n) is 6.82. The van der Waals surface area contributed by atoms with Crippen LogP contribution in [0.2, 0.25) is 0 Å². The van der Waals surface area contributed by atoms with Gasteiger partial charge >= 0.3 is 0 Å². The highest BCUT2D eigenvalue weighted by Gasteiger charge is 2.24. The zero-order valence-corrected chi connectivity index (χ0v) is 11.3. The van der Waals surface area contributed by atoms with Gasteiger partial charge in [-0.3, -0.25) is 0 Å². The number of benzene rings is 2. The normalized spacial score (nSPS) is 16.9. The molecular weight excluding hydrogens is 272 g/mol. The van der Waals surface area contributed by atoms with Gasteiger partial charge in [-0.2, -0.15) is 5.26 Å². The summed E-state index contributed by atoms with van der Waals surface area (Å²) < 4.78 is 33.4. The van der Waals surface area contributed by atoms with Gasteiger partial charge in [-0.15, -0.1) is 0 Å². The quantitative estimate of drug-likeness (QED) is 0.824. The SMILES string of the molecule is N#Cc1cc(F)c(OC2CCCc3ccccc32)c(F)c1. The van der Waals surface area contributed by atoms with Crippen molar-refractivity contribution in [3.05, 3.63) is 64.7 Å². The number of nitrogens with zero attached hydrogens (tertiary/aromatic N) is 1. The molecule has 4 heteroatoms. The summed E-state index contributed by atoms with van der Waals surface area (Å²) in [6, 6.07) is 11.5. The van der Waals surface area contributed by atoms with Crippen LogP contribution in [0.3, 0.4) is 0 Å². The van der Waals surface area contributed by atoms with Gasteiger partial charge in [0.05, 0.1) is 11.6 Å². The lowest BCUT2D eigenvalue weighted by atomic mass is 9.89. The molecule has 0 amide bonds. The van der Waals surface area contributed by atoms with Gasteiger partial charge in [-0.05, 0) is 42.5 Å². The van der Waals surface area contributed by atoms with Crippen molar-refractivity contribution in [2.45, 2.75) is 25.4 Å². The average Bonchev–Trinajstić information content (AvgIpc) is 2.50. The highest BCUT2D eigenvalue weighted by Crippen LogP contribution is 2.35. The third-order valence-corrected chi connectivity index (χ3v) is 3.70. The van der Waals surface area contributed by atoms with E-state index in [1.165, 1.54) is 0 Å². The van der Waals surface area contributed by atoms with Crippen LogP contribution in [0.15, 0.2) is 36.4 Å². The van der Waals surface area contributed by atoms with Crippen LogP contribution in [0.4, 0.5) is 8.78 Å². The first-order valence-corrected chi connectivity index (χ1v) is 6.82. The summed E-state index contributed by atoms with van der Waals surface area (Å²) in [5, 5.41) is 8.70. The predicted molar refractivity (Wildman–Crippen MR) is 73.8 cm³/mol. The van der Waals surface area contributed by atoms with Crippen molar-refractivity contribution >= 4 is 0 Å². The summed E-state index contributed by atoms with van der Waals surface area (Å²) in [5.74, 6) is -2.08. The van der Waals surface area contributed by atoms with E-state index in [9.17, 15) is 8.78 Å². The third-order valence-electron chi connectivity index (χ3n) is 3.70. The molecule has 0 fully saturated rings. The van der Waals surface area contributed by atoms with Gasteiger partial charge in [0.1, 0.15) is 6.10 Å². The Morgan fingerprint density at radius 2 is 1.86 bits per heavy atom. The third kappa shape index (κ3) is 2.59. The fourth-order valence-electron chi connectivity index (χ4n) is 2.71. The second kappa shape index (κ2) is 5.53. The van der Waals surface area contributed by atoms with E-state index >= 15 is 0 Å². The van der Waals surface area contributed by atoms with Crippen molar-refractivity contribution in [3.63, 3.8) is 0 Å². The van der Waals surface area contributed by atoms with Crippen molar-refractivity contribution in [2.75, 3.05) is 0 Å². The van der Waals surface area contributed by atoms with Gasteiger partial charge in [0.2, 0.25) is 0 Å². The van der Waals surface area contributed by atoms with Crippen LogP contribution in [0.1, 0.15) is 35.6 Å². The number of rotatable bonds is 2. The molecule has 106 valence electrons. The van der Waals surface area contributed by atoms with Crippen LogP contribution >= 0.6 is 0 Å². The highest BCUT2D eigenvalue weighted by atomic mass is 19.1. The number of halogens is 2. The van der Waals surface area contributed by atoms with E-state index in [1.54, 1.807) is 6.07 Å². The second-order valence-corrected chi connectivity index (χ2v) is 5.08. The Balaban J connectivity index is 1.94. The number of nitriles is 1. The van der Waals surface area contributed by atoms with E-state index in [2.05, 4.69) is 0 Å². The molecule has 0 bridgehead atoms. The minimum absolute atomic E-state index is 0.0543. The Kier molecular flexibility index (Phi) is 3.57. The number of ether oxygens (including phenoxy) is 1. The topological polar surface area (TPSA) is 33.0 Å². The van der Waals surface area contributed by atoms with Crippen molar-refractivity contribution in [3.8, 4) is 11.8 Å². The maximum atomic E-state index is 13.9. The first-order chi connectivity index (χ1) is 10.2. The van der Waals surface area contributed by atoms with E-state index in [4.69, 9.17) is 10.00 Å². The van der Waals surface area contributed by atoms with Gasteiger partial charge < -0.3 is 4.74 Å². The minimum Gasteiger partial charge on any atom is -0.480 e. The summed E-state index contributed by atoms with van der Waals surface area (Å²) in [6.45, 7) is 0. The molecule has 21 heavy (non-hydrogen) atoms. The Hall–Kier alpha value is -2.41. The molecule has 0 saturated heterocycles. The van der Waals surface area contributed by atoms with Crippen LogP contribution in [0, 0.1) is 23.0 Å². The highest BCUT2D eigenvalue weighted by molar-refractivity contribution is 5.39. The number of aryl methyl sites for hydroxylation is 1. The van der Waals surface area contributed by atoms with Crippen molar-refractivity contribution in [1.82, 2.24) is 0 Å². The van der Waals surface area contributed by atoms with Crippen molar-refractivity contribution in [2.24, 2.45) is 0 Å². The molecule has 2 nitrogen and oxygen atoms in total. The van der Waals surface area contributed by atoms with Crippen LogP contribution in [0.25, 0.3) is 0 Å². The first kappa shape index (κ1) is 13.6. The molecule has 0 aliphatic heterocycles. The second-order valence-electron chi connectivity index (χ2n) is 5.08. The molecule has 1 aliphatic carbocycles. The zero-order chi connectivity index (χ0) is 14.8. The number of fused-ring (bicyclic) bond motifs is 1. The molecule has 2 aromatic carbocycles. The summed E-state index contributed by atoms with van der Waals surface area (Å²) in [7, 11) is 0. The van der Waals surface area contributed by atoms with Crippen molar-refractivity contribution in [1.29, 1.82) is 5.26 Å². The van der Waals surface area contributed by atoms with Crippen LogP contribution in [-0.2, 0) is 6.42 Å². The molecule has 1 atom stereocenters. The molecule has 0 aromatic heterocycles. The number of hydrogen-bond donors (Lipinski definition) is 0. The molecule has 0 heterocycles. The van der Waals surface area contributed by atoms with E-state index < -0.39 is 17.4 Å².